The maximum Gasteiger partial charge on any atom is 0.354 e. The average Bonchev–Trinajstić information content (AvgIpc) is 3.30. The van der Waals surface area contributed by atoms with E-state index in [0.29, 0.717) is 46.0 Å². The number of hydrogen-bond acceptors (Lipinski definition) is 5. The van der Waals surface area contributed by atoms with Crippen LogP contribution in [0.1, 0.15) is 43.2 Å². The van der Waals surface area contributed by atoms with Crippen LogP contribution in [-0.4, -0.2) is 28.2 Å². The highest BCUT2D eigenvalue weighted by Gasteiger charge is 2.34. The molecule has 4 N–H and O–H groups in total. The fourth-order valence-electron chi connectivity index (χ4n) is 4.18. The Morgan fingerprint density at radius 2 is 1.96 bits per heavy atom. The van der Waals surface area contributed by atoms with Gasteiger partial charge in [0.2, 0.25) is 0 Å². The topological polar surface area (TPSA) is 98.8 Å². The number of halogens is 1. The van der Waals surface area contributed by atoms with Crippen molar-refractivity contribution < 1.29 is 4.39 Å². The molecule has 2 fully saturated rings. The number of nitrogens with two attached hydrogens (primary N) is 2. The van der Waals surface area contributed by atoms with E-state index in [0.717, 1.165) is 25.5 Å². The molecular weight excluding hydrogens is 337 g/mol. The zero-order chi connectivity index (χ0) is 18.7. The molecule has 0 bridgehead atoms. The minimum atomic E-state index is -0.724. The van der Waals surface area contributed by atoms with Gasteiger partial charge in [-0.2, -0.15) is 4.68 Å². The van der Waals surface area contributed by atoms with Gasteiger partial charge >= 0.3 is 5.69 Å². The molecular formula is C18H24FN5O2. The fraction of sp³-hybridized carbons (Fsp3) is 0.556. The highest BCUT2D eigenvalue weighted by Crippen LogP contribution is 2.42. The third-order valence-corrected chi connectivity index (χ3v) is 5.81. The Morgan fingerprint density at radius 3 is 2.54 bits per heavy atom. The lowest BCUT2D eigenvalue weighted by atomic mass is 10.0. The predicted octanol–water partition coefficient (Wildman–Crippen LogP) is 0.673. The SMILES string of the molecule is Cc1c(N2CC[C@@H]([C@H](C)N)C2)c(F)cn2c(=O)n(N)c(=O)c(C3CC3)c12. The van der Waals surface area contributed by atoms with Gasteiger partial charge in [-0.3, -0.25) is 9.20 Å². The van der Waals surface area contributed by atoms with Crippen LogP contribution in [0, 0.1) is 18.7 Å². The van der Waals surface area contributed by atoms with Gasteiger partial charge in [0.15, 0.2) is 5.82 Å². The van der Waals surface area contributed by atoms with Crippen molar-refractivity contribution >= 4 is 11.2 Å². The largest absolute Gasteiger partial charge is 0.368 e. The average molecular weight is 361 g/mol. The Labute approximate surface area is 150 Å². The van der Waals surface area contributed by atoms with Crippen LogP contribution in [0.25, 0.3) is 5.52 Å². The second kappa shape index (κ2) is 5.84. The molecule has 0 amide bonds. The van der Waals surface area contributed by atoms with Gasteiger partial charge in [0.05, 0.1) is 17.4 Å². The van der Waals surface area contributed by atoms with Crippen molar-refractivity contribution in [2.24, 2.45) is 11.7 Å². The van der Waals surface area contributed by atoms with Crippen molar-refractivity contribution in [1.82, 2.24) is 9.08 Å². The zero-order valence-electron chi connectivity index (χ0n) is 15.0. The third-order valence-electron chi connectivity index (χ3n) is 5.81. The van der Waals surface area contributed by atoms with E-state index in [1.54, 1.807) is 6.92 Å². The molecule has 0 aromatic carbocycles. The maximum atomic E-state index is 15.0. The summed E-state index contributed by atoms with van der Waals surface area (Å²) in [5, 5.41) is 0. The highest BCUT2D eigenvalue weighted by molar-refractivity contribution is 5.72. The lowest BCUT2D eigenvalue weighted by molar-refractivity contribution is 0.487. The van der Waals surface area contributed by atoms with Crippen molar-refractivity contribution in [3.63, 3.8) is 0 Å². The molecule has 0 spiro atoms. The monoisotopic (exact) mass is 361 g/mol. The van der Waals surface area contributed by atoms with Crippen molar-refractivity contribution in [3.8, 4) is 0 Å². The van der Waals surface area contributed by atoms with E-state index in [1.807, 2.05) is 11.8 Å². The number of aromatic nitrogens is 2. The van der Waals surface area contributed by atoms with E-state index in [4.69, 9.17) is 11.6 Å². The normalized spacial score (nSPS) is 21.5. The first-order valence-electron chi connectivity index (χ1n) is 9.07. The summed E-state index contributed by atoms with van der Waals surface area (Å²) in [5.74, 6) is 5.55. The van der Waals surface area contributed by atoms with Gasteiger partial charge in [0.1, 0.15) is 0 Å². The Morgan fingerprint density at radius 1 is 1.27 bits per heavy atom. The van der Waals surface area contributed by atoms with Gasteiger partial charge in [-0.25, -0.2) is 9.18 Å². The molecule has 2 aromatic rings. The Balaban J connectivity index is 1.97. The van der Waals surface area contributed by atoms with E-state index in [1.165, 1.54) is 4.40 Å². The molecule has 26 heavy (non-hydrogen) atoms. The fourth-order valence-corrected chi connectivity index (χ4v) is 4.18. The smallest absolute Gasteiger partial charge is 0.354 e. The molecule has 0 unspecified atom stereocenters. The van der Waals surface area contributed by atoms with Crippen LogP contribution >= 0.6 is 0 Å². The van der Waals surface area contributed by atoms with E-state index in [-0.39, 0.29) is 12.0 Å². The van der Waals surface area contributed by atoms with Gasteiger partial charge in [-0.15, -0.1) is 0 Å². The number of nitrogen functional groups attached to an aromatic ring is 1. The molecule has 4 rings (SSSR count). The second-order valence-corrected chi connectivity index (χ2v) is 7.67. The molecule has 2 aromatic heterocycles. The third kappa shape index (κ3) is 2.43. The summed E-state index contributed by atoms with van der Waals surface area (Å²) in [7, 11) is 0. The van der Waals surface area contributed by atoms with Gasteiger partial charge in [-0.05, 0) is 44.9 Å². The van der Waals surface area contributed by atoms with Crippen LogP contribution in [0.3, 0.4) is 0 Å². The van der Waals surface area contributed by atoms with Crippen LogP contribution in [0.4, 0.5) is 10.1 Å². The summed E-state index contributed by atoms with van der Waals surface area (Å²) in [4.78, 5) is 27.0. The van der Waals surface area contributed by atoms with Crippen molar-refractivity contribution in [2.45, 2.75) is 45.1 Å². The van der Waals surface area contributed by atoms with Crippen molar-refractivity contribution in [3.05, 3.63) is 44.0 Å². The molecule has 8 heteroatoms. The van der Waals surface area contributed by atoms with Gasteiger partial charge in [0.25, 0.3) is 5.56 Å². The molecule has 1 aliphatic carbocycles. The summed E-state index contributed by atoms with van der Waals surface area (Å²) < 4.78 is 16.7. The first-order valence-corrected chi connectivity index (χ1v) is 9.07. The molecule has 140 valence electrons. The Kier molecular flexibility index (Phi) is 3.83. The molecule has 1 saturated carbocycles. The molecule has 0 radical (unpaired) electrons. The van der Waals surface area contributed by atoms with Gasteiger partial charge in [-0.1, -0.05) is 0 Å². The van der Waals surface area contributed by atoms with Gasteiger partial charge in [0, 0.05) is 30.3 Å². The zero-order valence-corrected chi connectivity index (χ0v) is 15.0. The van der Waals surface area contributed by atoms with Crippen LogP contribution in [0.15, 0.2) is 15.8 Å². The summed E-state index contributed by atoms with van der Waals surface area (Å²) in [6.07, 6.45) is 3.82. The quantitative estimate of drug-likeness (QED) is 0.783. The van der Waals surface area contributed by atoms with E-state index in [2.05, 4.69) is 0 Å². The maximum absolute atomic E-state index is 15.0. The minimum absolute atomic E-state index is 0.0397. The molecule has 1 saturated heterocycles. The van der Waals surface area contributed by atoms with E-state index >= 15 is 0 Å². The number of aryl methyl sites for hydroxylation is 1. The molecule has 7 nitrogen and oxygen atoms in total. The summed E-state index contributed by atoms with van der Waals surface area (Å²) in [6, 6.07) is 0.0397. The van der Waals surface area contributed by atoms with Crippen molar-refractivity contribution in [1.29, 1.82) is 0 Å². The first-order chi connectivity index (χ1) is 12.3. The number of hydrogen-bond donors (Lipinski definition) is 2. The predicted molar refractivity (Wildman–Crippen MR) is 98.7 cm³/mol. The summed E-state index contributed by atoms with van der Waals surface area (Å²) >= 11 is 0. The molecule has 2 aliphatic rings. The summed E-state index contributed by atoms with van der Waals surface area (Å²) in [6.45, 7) is 5.12. The standard InChI is InChI=1S/C18H24FN5O2/c1-9-15(22-6-5-12(7-22)10(2)20)13(19)8-23-16(9)14(11-3-4-11)17(25)24(21)18(23)26/h8,10-12H,3-7,20-21H2,1-2H3/t10-,12+/m0/s1. The molecule has 3 heterocycles. The van der Waals surface area contributed by atoms with E-state index in [9.17, 15) is 14.0 Å². The number of fused-ring (bicyclic) bond motifs is 1. The number of anilines is 1. The highest BCUT2D eigenvalue weighted by atomic mass is 19.1. The van der Waals surface area contributed by atoms with E-state index < -0.39 is 17.1 Å². The minimum Gasteiger partial charge on any atom is -0.368 e. The Bertz CT molecular complexity index is 1010. The van der Waals surface area contributed by atoms with Crippen LogP contribution < -0.4 is 27.7 Å². The van der Waals surface area contributed by atoms with Crippen molar-refractivity contribution in [2.75, 3.05) is 23.8 Å². The first kappa shape index (κ1) is 17.1. The Hall–Kier alpha value is -2.35. The van der Waals surface area contributed by atoms with Crippen LogP contribution in [-0.2, 0) is 0 Å². The number of pyridine rings is 1. The van der Waals surface area contributed by atoms with Crippen LogP contribution in [0.2, 0.25) is 0 Å². The van der Waals surface area contributed by atoms with Crippen LogP contribution in [0.5, 0.6) is 0 Å². The summed E-state index contributed by atoms with van der Waals surface area (Å²) in [5.41, 5.74) is 6.91. The second-order valence-electron chi connectivity index (χ2n) is 7.67. The molecule has 1 aliphatic heterocycles. The number of nitrogens with zero attached hydrogens (tertiary/aromatic N) is 3. The molecule has 2 atom stereocenters. The number of rotatable bonds is 3. The lowest BCUT2D eigenvalue weighted by Crippen LogP contribution is -2.44. The van der Waals surface area contributed by atoms with Gasteiger partial charge < -0.3 is 16.5 Å². The lowest BCUT2D eigenvalue weighted by Gasteiger charge is -2.24.